The molecule has 3 N–H and O–H groups in total. The molecule has 0 bridgehead atoms. The lowest BCUT2D eigenvalue weighted by molar-refractivity contribution is 0.226. The Morgan fingerprint density at radius 3 is 2.60 bits per heavy atom. The molecule has 1 aromatic carbocycles. The van der Waals surface area contributed by atoms with E-state index in [0.29, 0.717) is 13.1 Å². The first-order chi connectivity index (χ1) is 9.74. The fraction of sp³-hybridized carbons (Fsp3) is 0.533. The molecule has 0 spiro atoms. The summed E-state index contributed by atoms with van der Waals surface area (Å²) in [5.41, 5.74) is 2.35. The number of carbonyl (C=O) groups is 1. The fourth-order valence-electron chi connectivity index (χ4n) is 2.21. The van der Waals surface area contributed by atoms with Gasteiger partial charge in [0.25, 0.3) is 0 Å². The van der Waals surface area contributed by atoms with Gasteiger partial charge in [0.15, 0.2) is 0 Å². The molecule has 1 saturated heterocycles. The monoisotopic (exact) mass is 276 g/mol. The number of nitrogens with zero attached hydrogens (tertiary/aromatic N) is 1. The number of carbonyl (C=O) groups excluding carboxylic acids is 1. The van der Waals surface area contributed by atoms with Crippen molar-refractivity contribution in [3.63, 3.8) is 0 Å². The third kappa shape index (κ3) is 5.19. The smallest absolute Gasteiger partial charge is 0.315 e. The zero-order valence-electron chi connectivity index (χ0n) is 12.1. The zero-order chi connectivity index (χ0) is 14.2. The molecule has 1 aliphatic rings. The molecule has 1 heterocycles. The van der Waals surface area contributed by atoms with Gasteiger partial charge in [-0.3, -0.25) is 4.90 Å². The molecule has 1 aliphatic heterocycles. The lowest BCUT2D eigenvalue weighted by Crippen LogP contribution is -2.47. The zero-order valence-corrected chi connectivity index (χ0v) is 12.1. The maximum Gasteiger partial charge on any atom is 0.315 e. The molecule has 0 radical (unpaired) electrons. The number of nitrogens with one attached hydrogen (secondary N) is 3. The van der Waals surface area contributed by atoms with Crippen LogP contribution in [0.5, 0.6) is 0 Å². The highest BCUT2D eigenvalue weighted by Crippen LogP contribution is 2.02. The predicted molar refractivity (Wildman–Crippen MR) is 80.7 cm³/mol. The second-order valence-corrected chi connectivity index (χ2v) is 5.19. The van der Waals surface area contributed by atoms with Crippen molar-refractivity contribution < 1.29 is 4.79 Å². The van der Waals surface area contributed by atoms with Gasteiger partial charge >= 0.3 is 6.03 Å². The lowest BCUT2D eigenvalue weighted by atomic mass is 10.1. The van der Waals surface area contributed by atoms with Gasteiger partial charge < -0.3 is 16.0 Å². The van der Waals surface area contributed by atoms with Crippen molar-refractivity contribution in [1.82, 2.24) is 20.9 Å². The molecular weight excluding hydrogens is 252 g/mol. The van der Waals surface area contributed by atoms with E-state index in [1.54, 1.807) is 0 Å². The molecule has 0 saturated carbocycles. The average Bonchev–Trinajstić information content (AvgIpc) is 2.48. The molecule has 5 nitrogen and oxygen atoms in total. The van der Waals surface area contributed by atoms with Gasteiger partial charge in [-0.25, -0.2) is 4.79 Å². The molecule has 0 aromatic heterocycles. The van der Waals surface area contributed by atoms with Crippen LogP contribution in [-0.4, -0.2) is 50.2 Å². The highest BCUT2D eigenvalue weighted by molar-refractivity contribution is 5.73. The molecule has 0 unspecified atom stereocenters. The van der Waals surface area contributed by atoms with Crippen molar-refractivity contribution in [3.05, 3.63) is 35.4 Å². The molecule has 1 aromatic rings. The minimum absolute atomic E-state index is 0.0966. The van der Waals surface area contributed by atoms with Crippen LogP contribution in [-0.2, 0) is 6.54 Å². The van der Waals surface area contributed by atoms with Crippen LogP contribution < -0.4 is 16.0 Å². The van der Waals surface area contributed by atoms with Crippen LogP contribution in [0.15, 0.2) is 24.3 Å². The number of benzene rings is 1. The molecule has 2 amide bonds. The topological polar surface area (TPSA) is 56.4 Å². The van der Waals surface area contributed by atoms with Gasteiger partial charge in [0, 0.05) is 45.8 Å². The van der Waals surface area contributed by atoms with Crippen molar-refractivity contribution in [2.75, 3.05) is 39.3 Å². The summed E-state index contributed by atoms with van der Waals surface area (Å²) in [5.74, 6) is 0. The predicted octanol–water partition coefficient (Wildman–Crippen LogP) is 0.699. The van der Waals surface area contributed by atoms with E-state index in [0.717, 1.165) is 38.3 Å². The van der Waals surface area contributed by atoms with Gasteiger partial charge in [-0.1, -0.05) is 29.8 Å². The van der Waals surface area contributed by atoms with Gasteiger partial charge in [-0.15, -0.1) is 0 Å². The SMILES string of the molecule is Cc1ccc(CNC(=O)NCCN2CCNCC2)cc1. The highest BCUT2D eigenvalue weighted by Gasteiger charge is 2.09. The summed E-state index contributed by atoms with van der Waals surface area (Å²) in [6.45, 7) is 8.44. The van der Waals surface area contributed by atoms with E-state index in [4.69, 9.17) is 0 Å². The molecule has 110 valence electrons. The van der Waals surface area contributed by atoms with Crippen molar-refractivity contribution >= 4 is 6.03 Å². The van der Waals surface area contributed by atoms with Gasteiger partial charge in [0.05, 0.1) is 0 Å². The fourth-order valence-corrected chi connectivity index (χ4v) is 2.21. The number of aryl methyl sites for hydroxylation is 1. The normalized spacial score (nSPS) is 15.8. The highest BCUT2D eigenvalue weighted by atomic mass is 16.2. The minimum Gasteiger partial charge on any atom is -0.337 e. The average molecular weight is 276 g/mol. The Bertz CT molecular complexity index is 412. The summed E-state index contributed by atoms with van der Waals surface area (Å²) < 4.78 is 0. The van der Waals surface area contributed by atoms with Gasteiger partial charge in [0.2, 0.25) is 0 Å². The maximum absolute atomic E-state index is 11.7. The standard InChI is InChI=1S/C15H24N4O/c1-13-2-4-14(5-3-13)12-18-15(20)17-8-11-19-9-6-16-7-10-19/h2-5,16H,6-12H2,1H3,(H2,17,18,20). The van der Waals surface area contributed by atoms with Crippen LogP contribution in [0.2, 0.25) is 0 Å². The summed E-state index contributed by atoms with van der Waals surface area (Å²) in [6.07, 6.45) is 0. The summed E-state index contributed by atoms with van der Waals surface area (Å²) in [6, 6.07) is 8.09. The molecule has 2 rings (SSSR count). The number of amides is 2. The Balaban J connectivity index is 1.59. The van der Waals surface area contributed by atoms with Crippen molar-refractivity contribution in [2.24, 2.45) is 0 Å². The first-order valence-corrected chi connectivity index (χ1v) is 7.24. The third-order valence-corrected chi connectivity index (χ3v) is 3.50. The van der Waals surface area contributed by atoms with Crippen LogP contribution in [0.25, 0.3) is 0 Å². The first kappa shape index (κ1) is 14.8. The number of hydrogen-bond acceptors (Lipinski definition) is 3. The Hall–Kier alpha value is -1.59. The number of piperazine rings is 1. The summed E-state index contributed by atoms with van der Waals surface area (Å²) in [4.78, 5) is 14.0. The molecule has 0 atom stereocenters. The van der Waals surface area contributed by atoms with Crippen LogP contribution in [0.4, 0.5) is 4.79 Å². The minimum atomic E-state index is -0.0966. The summed E-state index contributed by atoms with van der Waals surface area (Å²) in [5, 5.41) is 9.09. The quantitative estimate of drug-likeness (QED) is 0.742. The van der Waals surface area contributed by atoms with Crippen molar-refractivity contribution in [1.29, 1.82) is 0 Å². The van der Waals surface area contributed by atoms with E-state index < -0.39 is 0 Å². The van der Waals surface area contributed by atoms with E-state index in [1.165, 1.54) is 5.56 Å². The van der Waals surface area contributed by atoms with E-state index in [9.17, 15) is 4.79 Å². The van der Waals surface area contributed by atoms with E-state index in [1.807, 2.05) is 12.1 Å². The number of rotatable bonds is 5. The first-order valence-electron chi connectivity index (χ1n) is 7.24. The molecule has 1 fully saturated rings. The van der Waals surface area contributed by atoms with E-state index in [2.05, 4.69) is 39.9 Å². The third-order valence-electron chi connectivity index (χ3n) is 3.50. The van der Waals surface area contributed by atoms with Gasteiger partial charge in [0.1, 0.15) is 0 Å². The summed E-state index contributed by atoms with van der Waals surface area (Å²) in [7, 11) is 0. The molecular formula is C15H24N4O. The van der Waals surface area contributed by atoms with Crippen molar-refractivity contribution in [3.8, 4) is 0 Å². The summed E-state index contributed by atoms with van der Waals surface area (Å²) >= 11 is 0. The Kier molecular flexibility index (Phi) is 5.83. The van der Waals surface area contributed by atoms with Gasteiger partial charge in [-0.05, 0) is 12.5 Å². The Labute approximate surface area is 120 Å². The second kappa shape index (κ2) is 7.87. The molecule has 20 heavy (non-hydrogen) atoms. The second-order valence-electron chi connectivity index (χ2n) is 5.19. The number of urea groups is 1. The lowest BCUT2D eigenvalue weighted by Gasteiger charge is -2.27. The van der Waals surface area contributed by atoms with E-state index >= 15 is 0 Å². The van der Waals surface area contributed by atoms with E-state index in [-0.39, 0.29) is 6.03 Å². The van der Waals surface area contributed by atoms with Crippen LogP contribution in [0.3, 0.4) is 0 Å². The largest absolute Gasteiger partial charge is 0.337 e. The molecule has 0 aliphatic carbocycles. The Morgan fingerprint density at radius 1 is 1.20 bits per heavy atom. The Morgan fingerprint density at radius 2 is 1.90 bits per heavy atom. The molecule has 5 heteroatoms. The maximum atomic E-state index is 11.7. The van der Waals surface area contributed by atoms with Crippen molar-refractivity contribution in [2.45, 2.75) is 13.5 Å². The van der Waals surface area contributed by atoms with Crippen LogP contribution >= 0.6 is 0 Å². The van der Waals surface area contributed by atoms with Crippen LogP contribution in [0.1, 0.15) is 11.1 Å². The van der Waals surface area contributed by atoms with Crippen LogP contribution in [0, 0.1) is 6.92 Å². The number of hydrogen-bond donors (Lipinski definition) is 3. The van der Waals surface area contributed by atoms with Gasteiger partial charge in [-0.2, -0.15) is 0 Å².